The maximum Gasteiger partial charge on any atom is 0.0705 e. The fourth-order valence-corrected chi connectivity index (χ4v) is 1.94. The number of fused-ring (bicyclic) bond motifs is 1. The Kier molecular flexibility index (Phi) is 3.23. The molecule has 0 radical (unpaired) electrons. The van der Waals surface area contributed by atoms with E-state index in [1.54, 1.807) is 0 Å². The monoisotopic (exact) mass is 213 g/mol. The first kappa shape index (κ1) is 11.1. The molecule has 0 aliphatic heterocycles. The van der Waals surface area contributed by atoms with E-state index in [1.165, 1.54) is 16.6 Å². The number of hydrogen-bond donors (Lipinski definition) is 0. The molecule has 16 heavy (non-hydrogen) atoms. The predicted molar refractivity (Wildman–Crippen MR) is 69.8 cm³/mol. The van der Waals surface area contributed by atoms with Crippen molar-refractivity contribution in [1.82, 2.24) is 4.98 Å². The quantitative estimate of drug-likeness (QED) is 0.740. The van der Waals surface area contributed by atoms with E-state index in [9.17, 15) is 0 Å². The first-order valence-corrected chi connectivity index (χ1v) is 6.10. The van der Waals surface area contributed by atoms with Gasteiger partial charge >= 0.3 is 0 Å². The number of nitrogens with zero attached hydrogens (tertiary/aromatic N) is 1. The van der Waals surface area contributed by atoms with Crippen molar-refractivity contribution in [2.75, 3.05) is 0 Å². The molecule has 84 valence electrons. The molecule has 0 saturated carbocycles. The first-order chi connectivity index (χ1) is 7.70. The Morgan fingerprint density at radius 1 is 1.12 bits per heavy atom. The van der Waals surface area contributed by atoms with E-state index in [2.05, 4.69) is 56.1 Å². The van der Waals surface area contributed by atoms with E-state index in [0.29, 0.717) is 5.92 Å². The molecule has 0 bridgehead atoms. The zero-order valence-electron chi connectivity index (χ0n) is 10.3. The summed E-state index contributed by atoms with van der Waals surface area (Å²) in [4.78, 5) is 4.67. The topological polar surface area (TPSA) is 12.9 Å². The van der Waals surface area contributed by atoms with Gasteiger partial charge in [0.1, 0.15) is 0 Å². The molecule has 0 amide bonds. The second kappa shape index (κ2) is 4.65. The molecule has 0 saturated heterocycles. The lowest BCUT2D eigenvalue weighted by Gasteiger charge is -2.07. The minimum Gasteiger partial charge on any atom is -0.253 e. The van der Waals surface area contributed by atoms with Crippen LogP contribution < -0.4 is 0 Å². The molecule has 0 atom stereocenters. The number of rotatable bonds is 3. The number of benzene rings is 1. The minimum atomic E-state index is 0.583. The highest BCUT2D eigenvalue weighted by atomic mass is 14.7. The van der Waals surface area contributed by atoms with Crippen molar-refractivity contribution in [2.45, 2.75) is 39.5 Å². The Morgan fingerprint density at radius 3 is 2.62 bits per heavy atom. The highest BCUT2D eigenvalue weighted by Crippen LogP contribution is 2.20. The molecule has 0 fully saturated rings. The lowest BCUT2D eigenvalue weighted by molar-refractivity contribution is 0.867. The van der Waals surface area contributed by atoms with E-state index in [0.717, 1.165) is 18.4 Å². The number of aryl methyl sites for hydroxylation is 1. The molecule has 2 rings (SSSR count). The summed E-state index contributed by atoms with van der Waals surface area (Å²) in [6, 6.07) is 10.9. The Balaban J connectivity index is 2.44. The molecule has 0 spiro atoms. The van der Waals surface area contributed by atoms with Gasteiger partial charge in [0.05, 0.1) is 5.52 Å². The van der Waals surface area contributed by atoms with E-state index in [1.807, 2.05) is 0 Å². The van der Waals surface area contributed by atoms with E-state index >= 15 is 0 Å². The van der Waals surface area contributed by atoms with Crippen molar-refractivity contribution in [3.05, 3.63) is 41.6 Å². The van der Waals surface area contributed by atoms with Gasteiger partial charge in [0, 0.05) is 11.1 Å². The third kappa shape index (κ3) is 2.24. The van der Waals surface area contributed by atoms with Crippen LogP contribution in [0, 0.1) is 0 Å². The van der Waals surface area contributed by atoms with Crippen molar-refractivity contribution < 1.29 is 0 Å². The van der Waals surface area contributed by atoms with Crippen molar-refractivity contribution >= 4 is 10.9 Å². The fourth-order valence-electron chi connectivity index (χ4n) is 1.94. The van der Waals surface area contributed by atoms with Crippen LogP contribution in [-0.4, -0.2) is 4.98 Å². The summed E-state index contributed by atoms with van der Waals surface area (Å²) in [6.45, 7) is 6.63. The van der Waals surface area contributed by atoms with Crippen LogP contribution in [0.3, 0.4) is 0 Å². The van der Waals surface area contributed by atoms with Gasteiger partial charge in [-0.2, -0.15) is 0 Å². The average molecular weight is 213 g/mol. The third-order valence-electron chi connectivity index (χ3n) is 2.94. The summed E-state index contributed by atoms with van der Waals surface area (Å²) in [7, 11) is 0. The molecule has 0 aliphatic carbocycles. The molecule has 1 heteroatoms. The molecule has 0 unspecified atom stereocenters. The second-order valence-corrected chi connectivity index (χ2v) is 4.66. The molecule has 1 nitrogen and oxygen atoms in total. The normalized spacial score (nSPS) is 11.2. The highest BCUT2D eigenvalue weighted by molar-refractivity contribution is 5.79. The standard InChI is InChI=1S/C15H19N/c1-4-5-14-8-6-13-10-12(11(2)3)7-9-15(13)16-14/h6-11H,4-5H2,1-3H3. The smallest absolute Gasteiger partial charge is 0.0705 e. The van der Waals surface area contributed by atoms with Gasteiger partial charge in [0.2, 0.25) is 0 Å². The summed E-state index contributed by atoms with van der Waals surface area (Å²) in [5.41, 5.74) is 3.71. The largest absolute Gasteiger partial charge is 0.253 e. The van der Waals surface area contributed by atoms with Crippen LogP contribution in [0.5, 0.6) is 0 Å². The van der Waals surface area contributed by atoms with Gasteiger partial charge in [-0.05, 0) is 36.1 Å². The maximum atomic E-state index is 4.67. The molecular weight excluding hydrogens is 194 g/mol. The first-order valence-electron chi connectivity index (χ1n) is 6.10. The second-order valence-electron chi connectivity index (χ2n) is 4.66. The van der Waals surface area contributed by atoms with Crippen LogP contribution in [0.15, 0.2) is 30.3 Å². The predicted octanol–water partition coefficient (Wildman–Crippen LogP) is 4.31. The SMILES string of the molecule is CCCc1ccc2cc(C(C)C)ccc2n1. The average Bonchev–Trinajstić information content (AvgIpc) is 2.28. The molecule has 1 aromatic carbocycles. The fraction of sp³-hybridized carbons (Fsp3) is 0.400. The minimum absolute atomic E-state index is 0.583. The van der Waals surface area contributed by atoms with Crippen LogP contribution in [-0.2, 0) is 6.42 Å². The Labute approximate surface area is 97.5 Å². The summed E-state index contributed by atoms with van der Waals surface area (Å²) < 4.78 is 0. The zero-order chi connectivity index (χ0) is 11.5. The molecule has 1 heterocycles. The van der Waals surface area contributed by atoms with Gasteiger partial charge in [0.25, 0.3) is 0 Å². The van der Waals surface area contributed by atoms with E-state index < -0.39 is 0 Å². The van der Waals surface area contributed by atoms with Gasteiger partial charge in [-0.25, -0.2) is 0 Å². The van der Waals surface area contributed by atoms with E-state index in [-0.39, 0.29) is 0 Å². The molecule has 1 aromatic heterocycles. The summed E-state index contributed by atoms with van der Waals surface area (Å²) >= 11 is 0. The van der Waals surface area contributed by atoms with Crippen LogP contribution in [0.1, 0.15) is 44.4 Å². The Hall–Kier alpha value is -1.37. The molecule has 0 aliphatic rings. The number of pyridine rings is 1. The Morgan fingerprint density at radius 2 is 1.94 bits per heavy atom. The molecular formula is C15H19N. The van der Waals surface area contributed by atoms with Crippen LogP contribution in [0.2, 0.25) is 0 Å². The molecule has 0 N–H and O–H groups in total. The lowest BCUT2D eigenvalue weighted by atomic mass is 10.0. The Bertz CT molecular complexity index is 486. The molecule has 2 aromatic rings. The van der Waals surface area contributed by atoms with Crippen molar-refractivity contribution in [3.63, 3.8) is 0 Å². The van der Waals surface area contributed by atoms with Gasteiger partial charge < -0.3 is 0 Å². The van der Waals surface area contributed by atoms with E-state index in [4.69, 9.17) is 0 Å². The summed E-state index contributed by atoms with van der Waals surface area (Å²) in [5.74, 6) is 0.583. The van der Waals surface area contributed by atoms with Crippen molar-refractivity contribution in [3.8, 4) is 0 Å². The zero-order valence-corrected chi connectivity index (χ0v) is 10.3. The number of hydrogen-bond acceptors (Lipinski definition) is 1. The maximum absolute atomic E-state index is 4.67. The number of aromatic nitrogens is 1. The van der Waals surface area contributed by atoms with Gasteiger partial charge in [-0.15, -0.1) is 0 Å². The van der Waals surface area contributed by atoms with Crippen LogP contribution in [0.4, 0.5) is 0 Å². The van der Waals surface area contributed by atoms with Gasteiger partial charge in [-0.1, -0.05) is 39.3 Å². The van der Waals surface area contributed by atoms with Crippen LogP contribution in [0.25, 0.3) is 10.9 Å². The van der Waals surface area contributed by atoms with Gasteiger partial charge in [-0.3, -0.25) is 4.98 Å². The lowest BCUT2D eigenvalue weighted by Crippen LogP contribution is -1.91. The van der Waals surface area contributed by atoms with Crippen molar-refractivity contribution in [1.29, 1.82) is 0 Å². The van der Waals surface area contributed by atoms with Crippen LogP contribution >= 0.6 is 0 Å². The third-order valence-corrected chi connectivity index (χ3v) is 2.94. The van der Waals surface area contributed by atoms with Crippen molar-refractivity contribution in [2.24, 2.45) is 0 Å². The summed E-state index contributed by atoms with van der Waals surface area (Å²) in [6.07, 6.45) is 2.23. The van der Waals surface area contributed by atoms with Gasteiger partial charge in [0.15, 0.2) is 0 Å². The summed E-state index contributed by atoms with van der Waals surface area (Å²) in [5, 5.41) is 1.26. The highest BCUT2D eigenvalue weighted by Gasteiger charge is 2.02.